The molecule has 0 bridgehead atoms. The summed E-state index contributed by atoms with van der Waals surface area (Å²) >= 11 is 0. The van der Waals surface area contributed by atoms with E-state index in [2.05, 4.69) is 4.74 Å². The van der Waals surface area contributed by atoms with Gasteiger partial charge in [-0.25, -0.2) is 4.79 Å². The third kappa shape index (κ3) is 6.72. The van der Waals surface area contributed by atoms with Crippen molar-refractivity contribution in [3.63, 3.8) is 0 Å². The summed E-state index contributed by atoms with van der Waals surface area (Å²) in [6, 6.07) is 0. The number of carbonyl (C=O) groups excluding carboxylic acids is 4. The van der Waals surface area contributed by atoms with Crippen LogP contribution in [0.25, 0.3) is 0 Å². The second-order valence-electron chi connectivity index (χ2n) is 4.72. The van der Waals surface area contributed by atoms with Gasteiger partial charge in [0.15, 0.2) is 5.78 Å². The number of Topliss-reactive ketones (excluding diaryl/α,β-unsaturated/α-hetero) is 2. The van der Waals surface area contributed by atoms with E-state index in [1.165, 1.54) is 0 Å². The standard InChI is InChI=1S/C13H20O7.Zr/c1-7(2)19-13(9(5)14,20-8(3)4)11(16)12(17)18-10(6)15;/h7-8H,1-6H3;. The molecule has 0 spiro atoms. The van der Waals surface area contributed by atoms with Crippen molar-refractivity contribution in [2.75, 3.05) is 0 Å². The summed E-state index contributed by atoms with van der Waals surface area (Å²) in [5, 5.41) is 0. The molecule has 0 radical (unpaired) electrons. The largest absolute Gasteiger partial charge is 0.388 e. The summed E-state index contributed by atoms with van der Waals surface area (Å²) in [6.07, 6.45) is -1.13. The predicted molar refractivity (Wildman–Crippen MR) is 67.6 cm³/mol. The van der Waals surface area contributed by atoms with Crippen molar-refractivity contribution >= 4 is 23.5 Å². The van der Waals surface area contributed by atoms with E-state index in [-0.39, 0.29) is 26.2 Å². The monoisotopic (exact) mass is 378 g/mol. The Bertz CT molecular complexity index is 405. The molecule has 118 valence electrons. The second-order valence-corrected chi connectivity index (χ2v) is 4.72. The van der Waals surface area contributed by atoms with Gasteiger partial charge in [-0.3, -0.25) is 14.4 Å². The van der Waals surface area contributed by atoms with Crippen LogP contribution in [0.5, 0.6) is 0 Å². The molecule has 8 heteroatoms. The van der Waals surface area contributed by atoms with Crippen LogP contribution >= 0.6 is 0 Å². The number of ketones is 2. The third-order valence-corrected chi connectivity index (χ3v) is 1.99. The zero-order valence-electron chi connectivity index (χ0n) is 13.0. The zero-order chi connectivity index (χ0) is 16.1. The topological polar surface area (TPSA) is 96.0 Å². The second kappa shape index (κ2) is 9.33. The first kappa shape index (κ1) is 22.6. The number of rotatable bonds is 7. The van der Waals surface area contributed by atoms with Crippen LogP contribution in [0.15, 0.2) is 0 Å². The first-order valence-electron chi connectivity index (χ1n) is 6.16. The Hall–Kier alpha value is -0.717. The summed E-state index contributed by atoms with van der Waals surface area (Å²) in [4.78, 5) is 46.2. The number of hydrogen-bond donors (Lipinski definition) is 0. The number of esters is 2. The molecule has 0 saturated carbocycles. The summed E-state index contributed by atoms with van der Waals surface area (Å²) in [6.45, 7) is 8.32. The molecular formula is C13H20O7Zr. The molecule has 0 aromatic rings. The molecule has 0 fully saturated rings. The maximum Gasteiger partial charge on any atom is 0.388 e. The first-order chi connectivity index (χ1) is 9.02. The van der Waals surface area contributed by atoms with Gasteiger partial charge in [-0.15, -0.1) is 0 Å². The quantitative estimate of drug-likeness (QED) is 0.279. The van der Waals surface area contributed by atoms with Crippen molar-refractivity contribution in [3.8, 4) is 0 Å². The van der Waals surface area contributed by atoms with E-state index in [4.69, 9.17) is 9.47 Å². The Morgan fingerprint density at radius 3 is 1.48 bits per heavy atom. The van der Waals surface area contributed by atoms with Gasteiger partial charge >= 0.3 is 23.5 Å². The molecule has 0 aromatic carbocycles. The molecule has 0 rings (SSSR count). The van der Waals surface area contributed by atoms with E-state index >= 15 is 0 Å². The van der Waals surface area contributed by atoms with Crippen molar-refractivity contribution in [1.29, 1.82) is 0 Å². The molecule has 0 aliphatic rings. The van der Waals surface area contributed by atoms with E-state index in [1.54, 1.807) is 27.7 Å². The van der Waals surface area contributed by atoms with Gasteiger partial charge in [-0.1, -0.05) is 0 Å². The molecule has 0 unspecified atom stereocenters. The van der Waals surface area contributed by atoms with Crippen LogP contribution < -0.4 is 0 Å². The smallest absolute Gasteiger partial charge is 0.387 e. The van der Waals surface area contributed by atoms with Gasteiger partial charge in [0.2, 0.25) is 0 Å². The van der Waals surface area contributed by atoms with E-state index in [1.807, 2.05) is 0 Å². The van der Waals surface area contributed by atoms with Crippen LogP contribution in [0.4, 0.5) is 0 Å². The third-order valence-electron chi connectivity index (χ3n) is 1.99. The van der Waals surface area contributed by atoms with Gasteiger partial charge in [0.05, 0.1) is 12.2 Å². The molecule has 0 aliphatic heterocycles. The van der Waals surface area contributed by atoms with Crippen molar-refractivity contribution < 1.29 is 59.6 Å². The van der Waals surface area contributed by atoms with E-state index in [9.17, 15) is 19.2 Å². The van der Waals surface area contributed by atoms with Crippen LogP contribution in [-0.4, -0.2) is 41.5 Å². The number of carbonyl (C=O) groups is 4. The van der Waals surface area contributed by atoms with E-state index < -0.39 is 41.5 Å². The van der Waals surface area contributed by atoms with Crippen LogP contribution in [0.1, 0.15) is 41.5 Å². The minimum Gasteiger partial charge on any atom is -0.387 e. The van der Waals surface area contributed by atoms with Crippen molar-refractivity contribution in [2.45, 2.75) is 59.5 Å². The Morgan fingerprint density at radius 1 is 0.857 bits per heavy atom. The van der Waals surface area contributed by atoms with Gasteiger partial charge in [0, 0.05) is 40.1 Å². The Morgan fingerprint density at radius 2 is 1.24 bits per heavy atom. The van der Waals surface area contributed by atoms with Gasteiger partial charge in [-0.2, -0.15) is 0 Å². The molecule has 0 saturated heterocycles. The SMILES string of the molecule is CC(=O)OC(=O)C(=O)C(OC(C)C)(OC(C)C)C(C)=O.[Zr]. The Kier molecular flexibility index (Phi) is 10.0. The molecular weight excluding hydrogens is 359 g/mol. The van der Waals surface area contributed by atoms with Crippen LogP contribution in [0.2, 0.25) is 0 Å². The fourth-order valence-electron chi connectivity index (χ4n) is 1.44. The minimum absolute atomic E-state index is 0. The molecule has 0 amide bonds. The predicted octanol–water partition coefficient (Wildman–Crippen LogP) is 0.778. The fourth-order valence-corrected chi connectivity index (χ4v) is 1.44. The molecule has 0 N–H and O–H groups in total. The van der Waals surface area contributed by atoms with Gasteiger partial charge in [0.1, 0.15) is 0 Å². The van der Waals surface area contributed by atoms with E-state index in [0.717, 1.165) is 13.8 Å². The summed E-state index contributed by atoms with van der Waals surface area (Å²) < 4.78 is 14.7. The average molecular weight is 380 g/mol. The average Bonchev–Trinajstić information content (AvgIpc) is 2.24. The summed E-state index contributed by atoms with van der Waals surface area (Å²) in [7, 11) is 0. The zero-order valence-corrected chi connectivity index (χ0v) is 15.5. The first-order valence-corrected chi connectivity index (χ1v) is 6.16. The number of hydrogen-bond acceptors (Lipinski definition) is 7. The Labute approximate surface area is 142 Å². The van der Waals surface area contributed by atoms with Gasteiger partial charge in [0.25, 0.3) is 0 Å². The number of ether oxygens (including phenoxy) is 3. The van der Waals surface area contributed by atoms with Crippen LogP contribution in [-0.2, 0) is 59.6 Å². The van der Waals surface area contributed by atoms with Crippen molar-refractivity contribution in [1.82, 2.24) is 0 Å². The molecule has 21 heavy (non-hydrogen) atoms. The summed E-state index contributed by atoms with van der Waals surface area (Å²) in [5.74, 6) is -7.01. The van der Waals surface area contributed by atoms with Crippen LogP contribution in [0, 0.1) is 0 Å². The Balaban J connectivity index is 0. The molecule has 0 heterocycles. The maximum absolute atomic E-state index is 12.1. The molecule has 0 atom stereocenters. The maximum atomic E-state index is 12.1. The minimum atomic E-state index is -2.39. The normalized spacial score (nSPS) is 11.0. The van der Waals surface area contributed by atoms with Gasteiger partial charge in [-0.05, 0) is 27.7 Å². The van der Waals surface area contributed by atoms with Crippen molar-refractivity contribution in [2.24, 2.45) is 0 Å². The van der Waals surface area contributed by atoms with E-state index in [0.29, 0.717) is 0 Å². The molecule has 0 aromatic heterocycles. The molecule has 7 nitrogen and oxygen atoms in total. The molecule has 0 aliphatic carbocycles. The van der Waals surface area contributed by atoms with Crippen LogP contribution in [0.3, 0.4) is 0 Å². The summed E-state index contributed by atoms with van der Waals surface area (Å²) in [5.41, 5.74) is 0. The van der Waals surface area contributed by atoms with Gasteiger partial charge < -0.3 is 14.2 Å². The van der Waals surface area contributed by atoms with Crippen molar-refractivity contribution in [3.05, 3.63) is 0 Å². The fraction of sp³-hybridized carbons (Fsp3) is 0.692.